The molecule has 7 heteroatoms. The fraction of sp³-hybridized carbons (Fsp3) is 0.167. The second-order valence-electron chi connectivity index (χ2n) is 5.49. The van der Waals surface area contributed by atoms with E-state index in [1.807, 2.05) is 30.3 Å². The molecule has 0 fully saturated rings. The van der Waals surface area contributed by atoms with Crippen molar-refractivity contribution >= 4 is 40.0 Å². The maximum Gasteiger partial charge on any atom is 0.260 e. The molecule has 0 saturated carbocycles. The predicted molar refractivity (Wildman–Crippen MR) is 98.0 cm³/mol. The lowest BCUT2D eigenvalue weighted by Crippen LogP contribution is -2.31. The Morgan fingerprint density at radius 2 is 1.92 bits per heavy atom. The quantitative estimate of drug-likeness (QED) is 0.676. The molecule has 0 spiro atoms. The Labute approximate surface area is 155 Å². The van der Waals surface area contributed by atoms with Gasteiger partial charge in [0.2, 0.25) is 5.88 Å². The summed E-state index contributed by atoms with van der Waals surface area (Å²) in [5, 5.41) is 1.42. The van der Waals surface area contributed by atoms with E-state index < -0.39 is 0 Å². The number of hydrogen-bond donors (Lipinski definition) is 0. The molecule has 3 aromatic rings. The summed E-state index contributed by atoms with van der Waals surface area (Å²) in [6.45, 7) is 0.366. The van der Waals surface area contributed by atoms with E-state index >= 15 is 0 Å². The van der Waals surface area contributed by atoms with Gasteiger partial charge < -0.3 is 9.64 Å². The van der Waals surface area contributed by atoms with E-state index in [0.717, 1.165) is 5.56 Å². The van der Waals surface area contributed by atoms with Crippen molar-refractivity contribution in [1.29, 1.82) is 0 Å². The predicted octanol–water partition coefficient (Wildman–Crippen LogP) is 3.97. The SMILES string of the molecule is CN(Cc1ccccc1)C(=O)COc1ncnc2c(Cl)cc(Cl)cc12. The van der Waals surface area contributed by atoms with Crippen LogP contribution in [0.25, 0.3) is 10.9 Å². The average Bonchev–Trinajstić information content (AvgIpc) is 2.60. The summed E-state index contributed by atoms with van der Waals surface area (Å²) in [5.74, 6) is 0.111. The first-order valence-corrected chi connectivity index (χ1v) is 8.30. The third-order valence-corrected chi connectivity index (χ3v) is 4.15. The summed E-state index contributed by atoms with van der Waals surface area (Å²) in [7, 11) is 1.73. The molecule has 1 aromatic heterocycles. The van der Waals surface area contributed by atoms with Gasteiger partial charge in [0.15, 0.2) is 6.61 Å². The highest BCUT2D eigenvalue weighted by Crippen LogP contribution is 2.30. The van der Waals surface area contributed by atoms with Crippen LogP contribution < -0.4 is 4.74 Å². The first kappa shape index (κ1) is 17.5. The highest BCUT2D eigenvalue weighted by atomic mass is 35.5. The number of ether oxygens (including phenoxy) is 1. The van der Waals surface area contributed by atoms with Gasteiger partial charge in [-0.15, -0.1) is 0 Å². The minimum Gasteiger partial charge on any atom is -0.467 e. The second-order valence-corrected chi connectivity index (χ2v) is 6.33. The van der Waals surface area contributed by atoms with E-state index in [-0.39, 0.29) is 18.4 Å². The lowest BCUT2D eigenvalue weighted by atomic mass is 10.2. The Balaban J connectivity index is 1.71. The number of nitrogens with zero attached hydrogens (tertiary/aromatic N) is 3. The fourth-order valence-electron chi connectivity index (χ4n) is 2.37. The van der Waals surface area contributed by atoms with Crippen LogP contribution in [-0.2, 0) is 11.3 Å². The Morgan fingerprint density at radius 3 is 2.68 bits per heavy atom. The van der Waals surface area contributed by atoms with Gasteiger partial charge in [-0.25, -0.2) is 9.97 Å². The summed E-state index contributed by atoms with van der Waals surface area (Å²) in [5.41, 5.74) is 1.57. The number of likely N-dealkylation sites (N-methyl/N-ethyl adjacent to an activating group) is 1. The molecule has 0 atom stereocenters. The number of amides is 1. The third-order valence-electron chi connectivity index (χ3n) is 3.64. The third kappa shape index (κ3) is 4.18. The van der Waals surface area contributed by atoms with Crippen molar-refractivity contribution in [2.45, 2.75) is 6.54 Å². The zero-order chi connectivity index (χ0) is 17.8. The summed E-state index contributed by atoms with van der Waals surface area (Å²) >= 11 is 12.2. The van der Waals surface area contributed by atoms with Crippen LogP contribution in [0.5, 0.6) is 5.88 Å². The molecular formula is C18H15Cl2N3O2. The van der Waals surface area contributed by atoms with Crippen LogP contribution in [0.2, 0.25) is 10.0 Å². The van der Waals surface area contributed by atoms with Crippen LogP contribution in [-0.4, -0.2) is 34.4 Å². The molecule has 1 heterocycles. The summed E-state index contributed by atoms with van der Waals surface area (Å²) in [4.78, 5) is 22.1. The number of halogens is 2. The first-order valence-electron chi connectivity index (χ1n) is 7.55. The van der Waals surface area contributed by atoms with Gasteiger partial charge >= 0.3 is 0 Å². The van der Waals surface area contributed by atoms with Gasteiger partial charge in [-0.05, 0) is 17.7 Å². The molecule has 0 unspecified atom stereocenters. The zero-order valence-electron chi connectivity index (χ0n) is 13.4. The first-order chi connectivity index (χ1) is 12.0. The lowest BCUT2D eigenvalue weighted by Gasteiger charge is -2.17. The molecule has 0 saturated heterocycles. The molecule has 5 nitrogen and oxygen atoms in total. The molecule has 0 bridgehead atoms. The molecule has 0 aliphatic carbocycles. The second kappa shape index (κ2) is 7.68. The monoisotopic (exact) mass is 375 g/mol. The average molecular weight is 376 g/mol. The van der Waals surface area contributed by atoms with Crippen molar-refractivity contribution in [1.82, 2.24) is 14.9 Å². The summed E-state index contributed by atoms with van der Waals surface area (Å²) in [6, 6.07) is 13.0. The Bertz CT molecular complexity index is 903. The molecule has 128 valence electrons. The van der Waals surface area contributed by atoms with Gasteiger partial charge in [-0.2, -0.15) is 0 Å². The van der Waals surface area contributed by atoms with Gasteiger partial charge in [0.1, 0.15) is 6.33 Å². The van der Waals surface area contributed by atoms with Crippen LogP contribution in [0.15, 0.2) is 48.8 Å². The minimum absolute atomic E-state index is 0.139. The molecular weight excluding hydrogens is 361 g/mol. The van der Waals surface area contributed by atoms with Crippen LogP contribution in [0.4, 0.5) is 0 Å². The number of hydrogen-bond acceptors (Lipinski definition) is 4. The van der Waals surface area contributed by atoms with E-state index in [9.17, 15) is 4.79 Å². The maximum atomic E-state index is 12.3. The molecule has 1 amide bonds. The van der Waals surface area contributed by atoms with Gasteiger partial charge in [-0.1, -0.05) is 53.5 Å². The van der Waals surface area contributed by atoms with Gasteiger partial charge in [0, 0.05) is 18.6 Å². The Kier molecular flexibility index (Phi) is 5.36. The van der Waals surface area contributed by atoms with Crippen molar-refractivity contribution < 1.29 is 9.53 Å². The van der Waals surface area contributed by atoms with Gasteiger partial charge in [0.25, 0.3) is 5.91 Å². The largest absolute Gasteiger partial charge is 0.467 e. The number of rotatable bonds is 5. The van der Waals surface area contributed by atoms with Crippen molar-refractivity contribution in [3.05, 3.63) is 64.4 Å². The van der Waals surface area contributed by atoms with E-state index in [4.69, 9.17) is 27.9 Å². The molecule has 0 N–H and O–H groups in total. The number of fused-ring (bicyclic) bond motifs is 1. The summed E-state index contributed by atoms with van der Waals surface area (Å²) < 4.78 is 5.59. The van der Waals surface area contributed by atoms with Crippen LogP contribution in [0.3, 0.4) is 0 Å². The molecule has 0 aliphatic heterocycles. The maximum absolute atomic E-state index is 12.3. The number of benzene rings is 2. The molecule has 0 radical (unpaired) electrons. The van der Waals surface area contributed by atoms with Gasteiger partial charge in [-0.3, -0.25) is 4.79 Å². The molecule has 2 aromatic carbocycles. The van der Waals surface area contributed by atoms with Crippen molar-refractivity contribution in [3.63, 3.8) is 0 Å². The van der Waals surface area contributed by atoms with Crippen LogP contribution >= 0.6 is 23.2 Å². The zero-order valence-corrected chi connectivity index (χ0v) is 15.0. The van der Waals surface area contributed by atoms with E-state index in [0.29, 0.717) is 27.5 Å². The summed E-state index contributed by atoms with van der Waals surface area (Å²) in [6.07, 6.45) is 1.34. The number of carbonyl (C=O) groups is 1. The number of aromatic nitrogens is 2. The fourth-order valence-corrected chi connectivity index (χ4v) is 2.91. The van der Waals surface area contributed by atoms with Crippen LogP contribution in [0, 0.1) is 0 Å². The number of carbonyl (C=O) groups excluding carboxylic acids is 1. The van der Waals surface area contributed by atoms with Crippen molar-refractivity contribution in [2.24, 2.45) is 0 Å². The smallest absolute Gasteiger partial charge is 0.260 e. The topological polar surface area (TPSA) is 55.3 Å². The van der Waals surface area contributed by atoms with Crippen LogP contribution in [0.1, 0.15) is 5.56 Å². The highest BCUT2D eigenvalue weighted by Gasteiger charge is 2.14. The lowest BCUT2D eigenvalue weighted by molar-refractivity contribution is -0.132. The van der Waals surface area contributed by atoms with Crippen molar-refractivity contribution in [2.75, 3.05) is 13.7 Å². The normalized spacial score (nSPS) is 10.7. The van der Waals surface area contributed by atoms with E-state index in [1.54, 1.807) is 24.1 Å². The van der Waals surface area contributed by atoms with Crippen molar-refractivity contribution in [3.8, 4) is 5.88 Å². The van der Waals surface area contributed by atoms with Gasteiger partial charge in [0.05, 0.1) is 15.9 Å². The molecule has 25 heavy (non-hydrogen) atoms. The highest BCUT2D eigenvalue weighted by molar-refractivity contribution is 6.38. The Hall–Kier alpha value is -2.37. The molecule has 0 aliphatic rings. The van der Waals surface area contributed by atoms with E-state index in [2.05, 4.69) is 9.97 Å². The Morgan fingerprint density at radius 1 is 1.16 bits per heavy atom. The minimum atomic E-state index is -0.163. The van der Waals surface area contributed by atoms with E-state index in [1.165, 1.54) is 6.33 Å². The standard InChI is InChI=1S/C18H15Cl2N3O2/c1-23(9-12-5-3-2-4-6-12)16(24)10-25-18-14-7-13(19)8-15(20)17(14)21-11-22-18/h2-8,11H,9-10H2,1H3. The molecule has 3 rings (SSSR count).